The van der Waals surface area contributed by atoms with Crippen LogP contribution in [0.25, 0.3) is 0 Å². The number of hydrogen-bond donors (Lipinski definition) is 0. The Morgan fingerprint density at radius 3 is 2.48 bits per heavy atom. The normalized spacial score (nSPS) is 16.5. The molecule has 1 amide bonds. The summed E-state index contributed by atoms with van der Waals surface area (Å²) in [4.78, 5) is 16.9. The number of amides is 1. The Hall–Kier alpha value is -1.80. The average molecular weight is 455 g/mol. The van der Waals surface area contributed by atoms with Crippen LogP contribution in [0.5, 0.6) is 5.75 Å². The van der Waals surface area contributed by atoms with Crippen molar-refractivity contribution in [3.8, 4) is 5.75 Å². The molecule has 1 aromatic rings. The van der Waals surface area contributed by atoms with Gasteiger partial charge in [0.25, 0.3) is 0 Å². The van der Waals surface area contributed by atoms with Crippen molar-refractivity contribution in [1.82, 2.24) is 4.90 Å². The standard InChI is InChI=1S/C23H38N2O5S/c1-6-24(7-2)20-12-11-19(22(15-20)30-31(27,28)8-3)16-25(23(26)14-18(4)5)17-21-10-9-13-29-21/h11-12,15,18,21H,6-10,13-14,16-17H2,1-5H3/t21-/m1/s1. The van der Waals surface area contributed by atoms with E-state index >= 15 is 0 Å². The minimum absolute atomic E-state index is 0.0230. The molecule has 2 rings (SSSR count). The van der Waals surface area contributed by atoms with Gasteiger partial charge in [0.05, 0.1) is 11.9 Å². The van der Waals surface area contributed by atoms with Gasteiger partial charge >= 0.3 is 10.1 Å². The van der Waals surface area contributed by atoms with Crippen molar-refractivity contribution in [2.75, 3.05) is 36.9 Å². The first kappa shape index (κ1) is 25.5. The van der Waals surface area contributed by atoms with Gasteiger partial charge in [-0.2, -0.15) is 8.42 Å². The fraction of sp³-hybridized carbons (Fsp3) is 0.696. The molecular weight excluding hydrogens is 416 g/mol. The van der Waals surface area contributed by atoms with Gasteiger partial charge in [-0.15, -0.1) is 0 Å². The first-order valence-electron chi connectivity index (χ1n) is 11.4. The van der Waals surface area contributed by atoms with E-state index in [9.17, 15) is 13.2 Å². The van der Waals surface area contributed by atoms with Crippen LogP contribution in [0.15, 0.2) is 18.2 Å². The highest BCUT2D eigenvalue weighted by Gasteiger charge is 2.25. The number of rotatable bonds is 12. The quantitative estimate of drug-likeness (QED) is 0.447. The summed E-state index contributed by atoms with van der Waals surface area (Å²) in [6.45, 7) is 12.8. The molecule has 0 N–H and O–H groups in total. The van der Waals surface area contributed by atoms with Crippen LogP contribution in [0.3, 0.4) is 0 Å². The van der Waals surface area contributed by atoms with Gasteiger partial charge in [0.2, 0.25) is 5.91 Å². The number of carbonyl (C=O) groups is 1. The molecule has 1 fully saturated rings. The molecule has 1 saturated heterocycles. The number of nitrogens with zero attached hydrogens (tertiary/aromatic N) is 2. The van der Waals surface area contributed by atoms with E-state index in [2.05, 4.69) is 18.7 Å². The molecule has 1 atom stereocenters. The van der Waals surface area contributed by atoms with Gasteiger partial charge in [-0.3, -0.25) is 4.79 Å². The Bertz CT molecular complexity index is 815. The van der Waals surface area contributed by atoms with Crippen LogP contribution in [0.2, 0.25) is 0 Å². The van der Waals surface area contributed by atoms with Gasteiger partial charge in [-0.1, -0.05) is 19.9 Å². The summed E-state index contributed by atoms with van der Waals surface area (Å²) in [6, 6.07) is 5.61. The Morgan fingerprint density at radius 1 is 1.23 bits per heavy atom. The molecule has 0 bridgehead atoms. The molecule has 0 aliphatic carbocycles. The van der Waals surface area contributed by atoms with Crippen molar-refractivity contribution in [3.05, 3.63) is 23.8 Å². The van der Waals surface area contributed by atoms with Crippen LogP contribution in [-0.2, 0) is 26.2 Å². The molecule has 1 heterocycles. The van der Waals surface area contributed by atoms with Crippen LogP contribution >= 0.6 is 0 Å². The van der Waals surface area contributed by atoms with Crippen molar-refractivity contribution in [1.29, 1.82) is 0 Å². The fourth-order valence-corrected chi connectivity index (χ4v) is 4.25. The van der Waals surface area contributed by atoms with Crippen LogP contribution in [0.1, 0.15) is 59.4 Å². The predicted octanol–water partition coefficient (Wildman–Crippen LogP) is 3.82. The van der Waals surface area contributed by atoms with E-state index in [4.69, 9.17) is 8.92 Å². The van der Waals surface area contributed by atoms with Crippen LogP contribution in [0, 0.1) is 5.92 Å². The van der Waals surface area contributed by atoms with Gasteiger partial charge in [0.1, 0.15) is 5.75 Å². The van der Waals surface area contributed by atoms with Crippen molar-refractivity contribution in [2.45, 2.75) is 66.5 Å². The first-order chi connectivity index (χ1) is 14.7. The molecule has 1 aromatic carbocycles. The van der Waals surface area contributed by atoms with E-state index < -0.39 is 10.1 Å². The molecule has 1 aliphatic heterocycles. The smallest absolute Gasteiger partial charge is 0.308 e. The van der Waals surface area contributed by atoms with Gasteiger partial charge in [0.15, 0.2) is 0 Å². The fourth-order valence-electron chi connectivity index (χ4n) is 3.71. The summed E-state index contributed by atoms with van der Waals surface area (Å²) in [5.74, 6) is 0.456. The third-order valence-electron chi connectivity index (χ3n) is 5.49. The summed E-state index contributed by atoms with van der Waals surface area (Å²) in [6.07, 6.45) is 2.39. The Labute approximate surface area is 187 Å². The van der Waals surface area contributed by atoms with Crippen LogP contribution < -0.4 is 9.08 Å². The second kappa shape index (κ2) is 11.7. The molecule has 0 spiro atoms. The molecule has 31 heavy (non-hydrogen) atoms. The zero-order chi connectivity index (χ0) is 23.0. The first-order valence-corrected chi connectivity index (χ1v) is 13.0. The van der Waals surface area contributed by atoms with E-state index in [1.165, 1.54) is 0 Å². The lowest BCUT2D eigenvalue weighted by Crippen LogP contribution is -2.37. The summed E-state index contributed by atoms with van der Waals surface area (Å²) >= 11 is 0. The maximum atomic E-state index is 13.0. The van der Waals surface area contributed by atoms with Crippen molar-refractivity contribution in [2.24, 2.45) is 5.92 Å². The monoisotopic (exact) mass is 454 g/mol. The Kier molecular flexibility index (Phi) is 9.62. The maximum absolute atomic E-state index is 13.0. The minimum Gasteiger partial charge on any atom is -0.382 e. The van der Waals surface area contributed by atoms with E-state index in [1.807, 2.05) is 26.0 Å². The van der Waals surface area contributed by atoms with E-state index in [1.54, 1.807) is 17.9 Å². The van der Waals surface area contributed by atoms with Gasteiger partial charge in [-0.25, -0.2) is 0 Å². The molecule has 0 unspecified atom stereocenters. The molecule has 0 aromatic heterocycles. The molecule has 1 aliphatic rings. The molecule has 0 radical (unpaired) electrons. The SMILES string of the molecule is CCN(CC)c1ccc(CN(C[C@H]2CCCO2)C(=O)CC(C)C)c(OS(=O)(=O)CC)c1. The number of ether oxygens (including phenoxy) is 1. The zero-order valence-corrected chi connectivity index (χ0v) is 20.4. The second-order valence-corrected chi connectivity index (χ2v) is 10.3. The largest absolute Gasteiger partial charge is 0.382 e. The number of benzene rings is 1. The lowest BCUT2D eigenvalue weighted by Gasteiger charge is -2.28. The maximum Gasteiger partial charge on any atom is 0.308 e. The zero-order valence-electron chi connectivity index (χ0n) is 19.6. The van der Waals surface area contributed by atoms with Crippen molar-refractivity contribution >= 4 is 21.7 Å². The summed E-state index contributed by atoms with van der Waals surface area (Å²) < 4.78 is 35.7. The highest BCUT2D eigenvalue weighted by atomic mass is 32.2. The third-order valence-corrected chi connectivity index (χ3v) is 6.64. The lowest BCUT2D eigenvalue weighted by atomic mass is 10.1. The summed E-state index contributed by atoms with van der Waals surface area (Å²) in [5.41, 5.74) is 1.58. The molecule has 176 valence electrons. The minimum atomic E-state index is -3.70. The second-order valence-electron chi connectivity index (χ2n) is 8.40. The van der Waals surface area contributed by atoms with E-state index in [0.717, 1.165) is 38.2 Å². The molecule has 8 heteroatoms. The molecule has 7 nitrogen and oxygen atoms in total. The van der Waals surface area contributed by atoms with Gasteiger partial charge in [0, 0.05) is 56.5 Å². The van der Waals surface area contributed by atoms with Gasteiger partial charge < -0.3 is 18.7 Å². The highest BCUT2D eigenvalue weighted by molar-refractivity contribution is 7.87. The van der Waals surface area contributed by atoms with Crippen LogP contribution in [-0.4, -0.2) is 57.3 Å². The van der Waals surface area contributed by atoms with Gasteiger partial charge in [-0.05, 0) is 45.6 Å². The number of carbonyl (C=O) groups excluding carboxylic acids is 1. The Balaban J connectivity index is 2.36. The lowest BCUT2D eigenvalue weighted by molar-refractivity contribution is -0.134. The topological polar surface area (TPSA) is 76.2 Å². The van der Waals surface area contributed by atoms with E-state index in [-0.39, 0.29) is 23.7 Å². The summed E-state index contributed by atoms with van der Waals surface area (Å²) in [5, 5.41) is 0. The third kappa shape index (κ3) is 7.68. The number of anilines is 1. The van der Waals surface area contributed by atoms with Crippen LogP contribution in [0.4, 0.5) is 5.69 Å². The predicted molar refractivity (Wildman–Crippen MR) is 124 cm³/mol. The molecule has 0 saturated carbocycles. The average Bonchev–Trinajstić information content (AvgIpc) is 3.22. The summed E-state index contributed by atoms with van der Waals surface area (Å²) in [7, 11) is -3.70. The van der Waals surface area contributed by atoms with Crippen molar-refractivity contribution in [3.63, 3.8) is 0 Å². The molecular formula is C23H38N2O5S. The number of hydrogen-bond acceptors (Lipinski definition) is 6. The van der Waals surface area contributed by atoms with E-state index in [0.29, 0.717) is 30.8 Å². The van der Waals surface area contributed by atoms with Crippen molar-refractivity contribution < 1.29 is 22.1 Å². The highest BCUT2D eigenvalue weighted by Crippen LogP contribution is 2.29. The Morgan fingerprint density at radius 2 is 1.94 bits per heavy atom.